The lowest BCUT2D eigenvalue weighted by Crippen LogP contribution is -2.37. The molecular weight excluding hydrogens is 290 g/mol. The van der Waals surface area contributed by atoms with E-state index in [2.05, 4.69) is 25.4 Å². The second kappa shape index (κ2) is 6.15. The zero-order valence-corrected chi connectivity index (χ0v) is 12.4. The summed E-state index contributed by atoms with van der Waals surface area (Å²) in [4.78, 5) is 18.3. The number of hydrogen-bond acceptors (Lipinski definition) is 7. The van der Waals surface area contributed by atoms with Crippen LogP contribution in [0.5, 0.6) is 0 Å². The molecule has 2 aromatic rings. The van der Waals surface area contributed by atoms with Crippen LogP contribution in [-0.2, 0) is 4.74 Å². The Balaban J connectivity index is 1.67. The monoisotopic (exact) mass is 305 g/mol. The molecule has 1 fully saturated rings. The Morgan fingerprint density at radius 3 is 2.76 bits per heavy atom. The minimum absolute atomic E-state index is 0.278. The van der Waals surface area contributed by atoms with Crippen molar-refractivity contribution in [2.45, 2.75) is 6.92 Å². The van der Waals surface area contributed by atoms with Crippen LogP contribution in [0.15, 0.2) is 17.5 Å². The molecule has 0 atom stereocenters. The molecule has 1 amide bonds. The van der Waals surface area contributed by atoms with Gasteiger partial charge in [-0.2, -0.15) is 0 Å². The third kappa shape index (κ3) is 3.34. The molecule has 0 radical (unpaired) electrons. The topological polar surface area (TPSA) is 80.2 Å². The summed E-state index contributed by atoms with van der Waals surface area (Å²) in [5, 5.41) is 13.3. The number of morpholine rings is 1. The highest BCUT2D eigenvalue weighted by molar-refractivity contribution is 7.13. The van der Waals surface area contributed by atoms with Crippen molar-refractivity contribution >= 4 is 28.2 Å². The quantitative estimate of drug-likeness (QED) is 0.921. The third-order valence-electron chi connectivity index (χ3n) is 3.06. The van der Waals surface area contributed by atoms with Crippen molar-refractivity contribution in [2.75, 3.05) is 36.5 Å². The second-order valence-electron chi connectivity index (χ2n) is 4.62. The maximum Gasteiger partial charge on any atom is 0.277 e. The van der Waals surface area contributed by atoms with E-state index in [0.29, 0.717) is 18.3 Å². The van der Waals surface area contributed by atoms with E-state index in [4.69, 9.17) is 4.74 Å². The standard InChI is InChI=1S/C13H15N5O2S/c1-9-8-21-13(14-9)15-12(19)10-2-3-11(17-16-10)18-4-6-20-7-5-18/h2-3,8H,4-7H2,1H3,(H,14,15,19). The summed E-state index contributed by atoms with van der Waals surface area (Å²) in [5.74, 6) is 0.463. The molecule has 0 bridgehead atoms. The molecule has 110 valence electrons. The Hall–Kier alpha value is -2.06. The number of nitrogens with one attached hydrogen (secondary N) is 1. The Labute approximate surface area is 126 Å². The van der Waals surface area contributed by atoms with Gasteiger partial charge in [-0.15, -0.1) is 21.5 Å². The van der Waals surface area contributed by atoms with Crippen LogP contribution >= 0.6 is 11.3 Å². The van der Waals surface area contributed by atoms with Crippen LogP contribution in [0.4, 0.5) is 10.9 Å². The fourth-order valence-corrected chi connectivity index (χ4v) is 2.66. The Morgan fingerprint density at radius 2 is 2.14 bits per heavy atom. The number of aromatic nitrogens is 3. The number of anilines is 2. The third-order valence-corrected chi connectivity index (χ3v) is 3.93. The van der Waals surface area contributed by atoms with Crippen LogP contribution in [0, 0.1) is 6.92 Å². The van der Waals surface area contributed by atoms with E-state index in [0.717, 1.165) is 24.6 Å². The van der Waals surface area contributed by atoms with Gasteiger partial charge in [-0.25, -0.2) is 4.98 Å². The molecule has 2 aromatic heterocycles. The van der Waals surface area contributed by atoms with Crippen molar-refractivity contribution in [3.63, 3.8) is 0 Å². The molecule has 0 saturated carbocycles. The minimum Gasteiger partial charge on any atom is -0.378 e. The lowest BCUT2D eigenvalue weighted by molar-refractivity contribution is 0.102. The molecule has 1 aliphatic rings. The predicted octanol–water partition coefficient (Wildman–Crippen LogP) is 1.33. The van der Waals surface area contributed by atoms with E-state index in [1.54, 1.807) is 12.1 Å². The summed E-state index contributed by atoms with van der Waals surface area (Å²) in [6.45, 7) is 4.83. The summed E-state index contributed by atoms with van der Waals surface area (Å²) in [6, 6.07) is 3.48. The maximum absolute atomic E-state index is 12.0. The van der Waals surface area contributed by atoms with Gasteiger partial charge < -0.3 is 9.64 Å². The fourth-order valence-electron chi connectivity index (χ4n) is 1.98. The lowest BCUT2D eigenvalue weighted by Gasteiger charge is -2.27. The number of hydrogen-bond donors (Lipinski definition) is 1. The summed E-state index contributed by atoms with van der Waals surface area (Å²) in [5.41, 5.74) is 1.16. The molecular formula is C13H15N5O2S. The van der Waals surface area contributed by atoms with Crippen LogP contribution in [0.25, 0.3) is 0 Å². The zero-order valence-electron chi connectivity index (χ0n) is 11.6. The van der Waals surface area contributed by atoms with Gasteiger partial charge in [-0.05, 0) is 19.1 Å². The first kappa shape index (κ1) is 13.9. The van der Waals surface area contributed by atoms with Gasteiger partial charge in [-0.1, -0.05) is 0 Å². The van der Waals surface area contributed by atoms with Crippen molar-refractivity contribution in [3.05, 3.63) is 28.9 Å². The highest BCUT2D eigenvalue weighted by Gasteiger charge is 2.15. The fraction of sp³-hybridized carbons (Fsp3) is 0.385. The van der Waals surface area contributed by atoms with Gasteiger partial charge in [0.05, 0.1) is 18.9 Å². The van der Waals surface area contributed by atoms with Crippen molar-refractivity contribution in [2.24, 2.45) is 0 Å². The Morgan fingerprint density at radius 1 is 1.33 bits per heavy atom. The lowest BCUT2D eigenvalue weighted by atomic mass is 10.3. The number of ether oxygens (including phenoxy) is 1. The number of carbonyl (C=O) groups is 1. The van der Waals surface area contributed by atoms with Crippen molar-refractivity contribution in [1.82, 2.24) is 15.2 Å². The highest BCUT2D eigenvalue weighted by atomic mass is 32.1. The normalized spacial score (nSPS) is 15.0. The average Bonchev–Trinajstić information content (AvgIpc) is 2.93. The number of thiazole rings is 1. The molecule has 0 aromatic carbocycles. The minimum atomic E-state index is -0.301. The van der Waals surface area contributed by atoms with Crippen LogP contribution in [0.3, 0.4) is 0 Å². The molecule has 0 unspecified atom stereocenters. The molecule has 3 heterocycles. The smallest absolute Gasteiger partial charge is 0.277 e. The summed E-state index contributed by atoms with van der Waals surface area (Å²) < 4.78 is 5.29. The molecule has 1 aliphatic heterocycles. The van der Waals surface area contributed by atoms with E-state index in [-0.39, 0.29) is 11.6 Å². The van der Waals surface area contributed by atoms with Crippen molar-refractivity contribution in [1.29, 1.82) is 0 Å². The van der Waals surface area contributed by atoms with Crippen LogP contribution in [0.2, 0.25) is 0 Å². The van der Waals surface area contributed by atoms with Crippen LogP contribution in [-0.4, -0.2) is 47.4 Å². The average molecular weight is 305 g/mol. The first-order valence-electron chi connectivity index (χ1n) is 6.62. The van der Waals surface area contributed by atoms with Crippen LogP contribution < -0.4 is 10.2 Å². The highest BCUT2D eigenvalue weighted by Crippen LogP contribution is 2.16. The SMILES string of the molecule is Cc1csc(NC(=O)c2ccc(N3CCOCC3)nn2)n1. The van der Waals surface area contributed by atoms with Gasteiger partial charge in [0, 0.05) is 18.5 Å². The van der Waals surface area contributed by atoms with Gasteiger partial charge in [0.2, 0.25) is 0 Å². The molecule has 7 nitrogen and oxygen atoms in total. The van der Waals surface area contributed by atoms with E-state index in [1.807, 2.05) is 12.3 Å². The molecule has 0 aliphatic carbocycles. The first-order valence-corrected chi connectivity index (χ1v) is 7.50. The van der Waals surface area contributed by atoms with Gasteiger partial charge >= 0.3 is 0 Å². The van der Waals surface area contributed by atoms with Gasteiger partial charge in [0.25, 0.3) is 5.91 Å². The van der Waals surface area contributed by atoms with E-state index < -0.39 is 0 Å². The zero-order chi connectivity index (χ0) is 14.7. The number of aryl methyl sites for hydroxylation is 1. The van der Waals surface area contributed by atoms with Crippen molar-refractivity contribution in [3.8, 4) is 0 Å². The van der Waals surface area contributed by atoms with Gasteiger partial charge in [-0.3, -0.25) is 10.1 Å². The Bertz CT molecular complexity index is 622. The molecule has 21 heavy (non-hydrogen) atoms. The molecule has 3 rings (SSSR count). The van der Waals surface area contributed by atoms with E-state index in [9.17, 15) is 4.79 Å². The second-order valence-corrected chi connectivity index (χ2v) is 5.48. The summed E-state index contributed by atoms with van der Waals surface area (Å²) >= 11 is 1.39. The largest absolute Gasteiger partial charge is 0.378 e. The molecule has 1 N–H and O–H groups in total. The number of amides is 1. The summed E-state index contributed by atoms with van der Waals surface area (Å²) in [6.07, 6.45) is 0. The molecule has 0 spiro atoms. The molecule has 8 heteroatoms. The Kier molecular flexibility index (Phi) is 4.07. The first-order chi connectivity index (χ1) is 10.2. The van der Waals surface area contributed by atoms with E-state index >= 15 is 0 Å². The summed E-state index contributed by atoms with van der Waals surface area (Å²) in [7, 11) is 0. The van der Waals surface area contributed by atoms with Crippen LogP contribution in [0.1, 0.15) is 16.2 Å². The van der Waals surface area contributed by atoms with E-state index in [1.165, 1.54) is 11.3 Å². The van der Waals surface area contributed by atoms with Gasteiger partial charge in [0.15, 0.2) is 16.6 Å². The number of rotatable bonds is 3. The van der Waals surface area contributed by atoms with Gasteiger partial charge in [0.1, 0.15) is 0 Å². The van der Waals surface area contributed by atoms with Crippen molar-refractivity contribution < 1.29 is 9.53 Å². The maximum atomic E-state index is 12.0. The molecule has 1 saturated heterocycles. The number of carbonyl (C=O) groups excluding carboxylic acids is 1. The predicted molar refractivity (Wildman–Crippen MR) is 79.9 cm³/mol. The number of nitrogens with zero attached hydrogens (tertiary/aromatic N) is 4.